The Morgan fingerprint density at radius 1 is 1.02 bits per heavy atom. The number of piperazine rings is 1. The number of carboxylic acid groups (broad SMARTS) is 2. The van der Waals surface area contributed by atoms with Gasteiger partial charge in [-0.3, -0.25) is 4.79 Å². The Balaban J connectivity index is 0.000000314. The SMILES string of the molecule is Cc1cc2c(-c3ccc(F)c4sc(N)c(C#N)c34)c(F)cc3c2n1CC[C@@H]1CNCCN1C3=O.O=C(O)C(F)(F)F.O=C(O)C(F)(F)F. The summed E-state index contributed by atoms with van der Waals surface area (Å²) in [6.45, 7) is 4.63. The van der Waals surface area contributed by atoms with E-state index in [1.807, 2.05) is 17.9 Å². The van der Waals surface area contributed by atoms with E-state index in [1.165, 1.54) is 18.2 Å². The van der Waals surface area contributed by atoms with Crippen molar-refractivity contribution in [3.63, 3.8) is 0 Å². The zero-order valence-corrected chi connectivity index (χ0v) is 25.2. The van der Waals surface area contributed by atoms with Gasteiger partial charge < -0.3 is 30.7 Å². The van der Waals surface area contributed by atoms with E-state index in [0.29, 0.717) is 47.1 Å². The van der Waals surface area contributed by atoms with Gasteiger partial charge in [0.1, 0.15) is 22.7 Å². The third kappa shape index (κ3) is 6.85. The first kappa shape index (κ1) is 35.9. The molecule has 0 aliphatic carbocycles. The molecule has 4 aromatic rings. The molecule has 2 aliphatic heterocycles. The van der Waals surface area contributed by atoms with E-state index < -0.39 is 35.9 Å². The van der Waals surface area contributed by atoms with Gasteiger partial charge in [0.2, 0.25) is 0 Å². The molecule has 5 N–H and O–H groups in total. The number of fused-ring (bicyclic) bond motifs is 2. The Kier molecular flexibility index (Phi) is 9.92. The molecule has 2 aromatic carbocycles. The second kappa shape index (κ2) is 13.3. The number of hydrogen-bond donors (Lipinski definition) is 4. The summed E-state index contributed by atoms with van der Waals surface area (Å²) < 4.78 is 96.3. The number of carbonyl (C=O) groups excluding carboxylic acids is 1. The van der Waals surface area contributed by atoms with Crippen molar-refractivity contribution in [2.45, 2.75) is 38.3 Å². The van der Waals surface area contributed by atoms with E-state index in [1.54, 1.807) is 0 Å². The van der Waals surface area contributed by atoms with E-state index in [-0.39, 0.29) is 32.8 Å². The van der Waals surface area contributed by atoms with Crippen LogP contribution in [0.25, 0.3) is 32.1 Å². The number of thiophene rings is 1. The van der Waals surface area contributed by atoms with Gasteiger partial charge >= 0.3 is 24.3 Å². The second-order valence-corrected chi connectivity index (χ2v) is 11.5. The lowest BCUT2D eigenvalue weighted by atomic mass is 9.93. The van der Waals surface area contributed by atoms with Gasteiger partial charge in [0.25, 0.3) is 5.91 Å². The van der Waals surface area contributed by atoms with Crippen LogP contribution < -0.4 is 11.1 Å². The molecule has 2 aromatic heterocycles. The van der Waals surface area contributed by atoms with E-state index >= 15 is 4.39 Å². The monoisotopic (exact) mass is 705 g/mol. The standard InChI is InChI=1S/C25H21F2N5OS.2C2HF3O2/c1-12-8-15-20(14-2-3-18(26)23-21(14)17(10-28)24(29)34-23)19(27)9-16-22(15)31(12)6-4-13-11-30-5-7-32(13)25(16)33;2*3-2(4,5)1(6)7/h2-3,8-9,13,30H,4-7,11,29H2,1H3;2*(H,6,7)/t13-;;/m1../s1. The predicted octanol–water partition coefficient (Wildman–Crippen LogP) is 5.65. The molecule has 10 nitrogen and oxygen atoms in total. The van der Waals surface area contributed by atoms with Crippen LogP contribution in [0.15, 0.2) is 24.3 Å². The maximum Gasteiger partial charge on any atom is 0.490 e. The minimum absolute atomic E-state index is 0.0534. The van der Waals surface area contributed by atoms with Crippen molar-refractivity contribution in [1.29, 1.82) is 5.26 Å². The third-order valence-corrected chi connectivity index (χ3v) is 8.58. The first-order chi connectivity index (χ1) is 22.3. The van der Waals surface area contributed by atoms with Crippen LogP contribution in [0, 0.1) is 29.9 Å². The Labute approximate surface area is 268 Å². The van der Waals surface area contributed by atoms with E-state index in [4.69, 9.17) is 25.5 Å². The lowest BCUT2D eigenvalue weighted by Gasteiger charge is -2.38. The molecule has 0 bridgehead atoms. The number of nitrogens with one attached hydrogen (secondary N) is 1. The topological polar surface area (TPSA) is 162 Å². The fourth-order valence-corrected chi connectivity index (χ4v) is 6.46. The van der Waals surface area contributed by atoms with Gasteiger partial charge in [-0.15, -0.1) is 11.3 Å². The highest BCUT2D eigenvalue weighted by molar-refractivity contribution is 7.23. The highest BCUT2D eigenvalue weighted by Crippen LogP contribution is 2.45. The van der Waals surface area contributed by atoms with Crippen molar-refractivity contribution in [1.82, 2.24) is 14.8 Å². The molecular weight excluding hydrogens is 682 g/mol. The highest BCUT2D eigenvalue weighted by Gasteiger charge is 2.39. The van der Waals surface area contributed by atoms with Crippen LogP contribution in [-0.2, 0) is 16.1 Å². The largest absolute Gasteiger partial charge is 0.490 e. The molecule has 0 radical (unpaired) electrons. The van der Waals surface area contributed by atoms with Crippen LogP contribution in [0.3, 0.4) is 0 Å². The fourth-order valence-electron chi connectivity index (χ4n) is 5.51. The Hall–Kier alpha value is -4.96. The van der Waals surface area contributed by atoms with Gasteiger partial charge in [-0.1, -0.05) is 6.07 Å². The third-order valence-electron chi connectivity index (χ3n) is 7.55. The Morgan fingerprint density at radius 2 is 1.62 bits per heavy atom. The van der Waals surface area contributed by atoms with Gasteiger partial charge in [0.15, 0.2) is 0 Å². The van der Waals surface area contributed by atoms with Gasteiger partial charge in [-0.25, -0.2) is 18.4 Å². The lowest BCUT2D eigenvalue weighted by Crippen LogP contribution is -2.54. The smallest absolute Gasteiger partial charge is 0.475 e. The molecule has 19 heteroatoms. The van der Waals surface area contributed by atoms with Crippen molar-refractivity contribution in [3.8, 4) is 17.2 Å². The quantitative estimate of drug-likeness (QED) is 0.185. The number of nitrogens with two attached hydrogens (primary N) is 1. The number of anilines is 1. The van der Waals surface area contributed by atoms with Crippen molar-refractivity contribution in [2.24, 2.45) is 0 Å². The highest BCUT2D eigenvalue weighted by atomic mass is 32.1. The number of halogens is 8. The van der Waals surface area contributed by atoms with Crippen LogP contribution in [0.1, 0.15) is 28.0 Å². The minimum Gasteiger partial charge on any atom is -0.475 e. The van der Waals surface area contributed by atoms with Crippen LogP contribution in [0.5, 0.6) is 0 Å². The molecule has 48 heavy (non-hydrogen) atoms. The summed E-state index contributed by atoms with van der Waals surface area (Å²) in [7, 11) is 0. The molecule has 1 atom stereocenters. The normalized spacial score (nSPS) is 16.1. The summed E-state index contributed by atoms with van der Waals surface area (Å²) in [5, 5.41) is 28.4. The molecule has 0 saturated carbocycles. The molecular formula is C29H23F8N5O5S. The molecule has 2 aliphatic rings. The van der Waals surface area contributed by atoms with Crippen LogP contribution >= 0.6 is 11.3 Å². The molecule has 256 valence electrons. The van der Waals surface area contributed by atoms with Crippen molar-refractivity contribution in [3.05, 3.63) is 52.7 Å². The number of rotatable bonds is 1. The van der Waals surface area contributed by atoms with E-state index in [2.05, 4.69) is 16.0 Å². The van der Waals surface area contributed by atoms with Gasteiger partial charge in [-0.2, -0.15) is 31.6 Å². The summed E-state index contributed by atoms with van der Waals surface area (Å²) in [5.41, 5.74) is 8.73. The molecule has 1 saturated heterocycles. The molecule has 0 unspecified atom stereocenters. The number of carbonyl (C=O) groups is 3. The number of aromatic nitrogens is 1. The average molecular weight is 706 g/mol. The molecule has 6 rings (SSSR count). The van der Waals surface area contributed by atoms with Crippen molar-refractivity contribution < 1.29 is 59.7 Å². The summed E-state index contributed by atoms with van der Waals surface area (Å²) >= 11 is 0.982. The number of nitriles is 1. The number of nitrogen functional groups attached to an aromatic ring is 1. The number of nitrogens with zero attached hydrogens (tertiary/aromatic N) is 3. The molecule has 0 spiro atoms. The average Bonchev–Trinajstić information content (AvgIpc) is 3.51. The van der Waals surface area contributed by atoms with Gasteiger partial charge in [0.05, 0.1) is 21.3 Å². The first-order valence-electron chi connectivity index (χ1n) is 13.6. The fraction of sp³-hybridized carbons (Fsp3) is 0.310. The van der Waals surface area contributed by atoms with Crippen LogP contribution in [0.2, 0.25) is 0 Å². The number of amides is 1. The molecule has 4 heterocycles. The maximum atomic E-state index is 15.9. The van der Waals surface area contributed by atoms with Crippen LogP contribution in [0.4, 0.5) is 40.1 Å². The zero-order valence-electron chi connectivity index (χ0n) is 24.4. The summed E-state index contributed by atoms with van der Waals surface area (Å²) in [5.74, 6) is -6.78. The molecule has 1 amide bonds. The van der Waals surface area contributed by atoms with E-state index in [0.717, 1.165) is 30.0 Å². The van der Waals surface area contributed by atoms with Gasteiger partial charge in [0, 0.05) is 54.3 Å². The number of hydrogen-bond acceptors (Lipinski definition) is 7. The number of aliphatic carboxylic acids is 2. The van der Waals surface area contributed by atoms with Crippen molar-refractivity contribution >= 4 is 55.2 Å². The lowest BCUT2D eigenvalue weighted by molar-refractivity contribution is -0.193. The number of carboxylic acids is 2. The molecule has 1 fully saturated rings. The minimum atomic E-state index is -5.08. The summed E-state index contributed by atoms with van der Waals surface area (Å²) in [6.07, 6.45) is -9.38. The number of benzene rings is 2. The number of aryl methyl sites for hydroxylation is 2. The van der Waals surface area contributed by atoms with Crippen molar-refractivity contribution in [2.75, 3.05) is 25.4 Å². The Morgan fingerprint density at radius 3 is 2.19 bits per heavy atom. The van der Waals surface area contributed by atoms with Gasteiger partial charge in [-0.05, 0) is 37.1 Å². The number of alkyl halides is 6. The predicted molar refractivity (Wildman–Crippen MR) is 156 cm³/mol. The Bertz CT molecular complexity index is 1960. The second-order valence-electron chi connectivity index (χ2n) is 10.5. The van der Waals surface area contributed by atoms with Crippen LogP contribution in [-0.4, -0.2) is 75.6 Å². The summed E-state index contributed by atoms with van der Waals surface area (Å²) in [6, 6.07) is 8.06. The first-order valence-corrected chi connectivity index (χ1v) is 14.5. The maximum absolute atomic E-state index is 15.9. The zero-order chi connectivity index (χ0) is 35.9. The summed E-state index contributed by atoms with van der Waals surface area (Å²) in [4.78, 5) is 33.2. The van der Waals surface area contributed by atoms with E-state index in [9.17, 15) is 40.8 Å².